The van der Waals surface area contributed by atoms with Crippen molar-refractivity contribution in [1.82, 2.24) is 0 Å². The van der Waals surface area contributed by atoms with Gasteiger partial charge in [-0.05, 0) is 24.3 Å². The molecule has 0 saturated carbocycles. The third kappa shape index (κ3) is 4.67. The molecule has 0 unspecified atom stereocenters. The third-order valence-corrected chi connectivity index (χ3v) is 2.91. The highest BCUT2D eigenvalue weighted by Gasteiger charge is 2.25. The third-order valence-electron chi connectivity index (χ3n) is 2.91. The topological polar surface area (TPSA) is 89.9 Å². The van der Waals surface area contributed by atoms with Crippen LogP contribution in [0.4, 0.5) is 0 Å². The summed E-state index contributed by atoms with van der Waals surface area (Å²) in [5, 5.41) is 9.08. The molecule has 0 aliphatic rings. The monoisotopic (exact) mass is 314 g/mol. The molecule has 2 aromatic rings. The van der Waals surface area contributed by atoms with Gasteiger partial charge in [0.25, 0.3) is 0 Å². The molecule has 0 saturated heterocycles. The molecule has 0 fully saturated rings. The highest BCUT2D eigenvalue weighted by molar-refractivity contribution is 5.92. The van der Waals surface area contributed by atoms with Gasteiger partial charge in [0.15, 0.2) is 0 Å². The first-order valence-electron chi connectivity index (χ1n) is 6.79. The fourth-order valence-electron chi connectivity index (χ4n) is 1.74. The maximum Gasteiger partial charge on any atom is 0.348 e. The minimum absolute atomic E-state index is 0.216. The van der Waals surface area contributed by atoms with Crippen molar-refractivity contribution in [1.29, 1.82) is 0 Å². The minimum atomic E-state index is -1.57. The van der Waals surface area contributed by atoms with Crippen molar-refractivity contribution >= 4 is 17.9 Å². The van der Waals surface area contributed by atoms with Gasteiger partial charge in [-0.2, -0.15) is 0 Å². The molecule has 0 aliphatic carbocycles. The molecule has 0 aromatic heterocycles. The van der Waals surface area contributed by atoms with E-state index in [0.717, 1.165) is 0 Å². The van der Waals surface area contributed by atoms with Gasteiger partial charge < -0.3 is 14.6 Å². The van der Waals surface area contributed by atoms with Gasteiger partial charge in [-0.25, -0.2) is 14.4 Å². The highest BCUT2D eigenvalue weighted by atomic mass is 16.6. The lowest BCUT2D eigenvalue weighted by Crippen LogP contribution is -2.32. The molecule has 0 amide bonds. The molecule has 0 heterocycles. The van der Waals surface area contributed by atoms with Crippen LogP contribution in [-0.2, 0) is 14.3 Å². The summed E-state index contributed by atoms with van der Waals surface area (Å²) in [7, 11) is 0. The van der Waals surface area contributed by atoms with Crippen LogP contribution < -0.4 is 0 Å². The standard InChI is InChI=1S/C17H14O6/c18-15(19)14(23-17(21)13-9-5-2-6-10-13)11-22-16(20)12-7-3-1-4-8-12/h1-10,14H,11H2,(H,18,19)/t14-/m1/s1. The van der Waals surface area contributed by atoms with Crippen LogP contribution in [0.15, 0.2) is 60.7 Å². The molecule has 1 atom stereocenters. The van der Waals surface area contributed by atoms with Gasteiger partial charge in [-0.1, -0.05) is 36.4 Å². The quantitative estimate of drug-likeness (QED) is 0.822. The number of carboxylic acid groups (broad SMARTS) is 1. The van der Waals surface area contributed by atoms with Gasteiger partial charge in [0.05, 0.1) is 11.1 Å². The van der Waals surface area contributed by atoms with Gasteiger partial charge in [-0.3, -0.25) is 0 Å². The maximum atomic E-state index is 11.8. The molecule has 2 aromatic carbocycles. The predicted octanol–water partition coefficient (Wildman–Crippen LogP) is 2.15. The van der Waals surface area contributed by atoms with E-state index in [1.165, 1.54) is 24.3 Å². The Morgan fingerprint density at radius 2 is 1.30 bits per heavy atom. The van der Waals surface area contributed by atoms with Crippen molar-refractivity contribution < 1.29 is 29.0 Å². The fourth-order valence-corrected chi connectivity index (χ4v) is 1.74. The second kappa shape index (κ2) is 7.74. The van der Waals surface area contributed by atoms with Crippen molar-refractivity contribution in [3.05, 3.63) is 71.8 Å². The molecule has 0 spiro atoms. The number of rotatable bonds is 6. The van der Waals surface area contributed by atoms with E-state index in [1.807, 2.05) is 0 Å². The summed E-state index contributed by atoms with van der Waals surface area (Å²) in [6.07, 6.45) is -1.57. The van der Waals surface area contributed by atoms with Crippen LogP contribution in [-0.4, -0.2) is 35.7 Å². The lowest BCUT2D eigenvalue weighted by molar-refractivity contribution is -0.149. The number of carbonyl (C=O) groups excluding carboxylic acids is 2. The van der Waals surface area contributed by atoms with E-state index in [0.29, 0.717) is 0 Å². The van der Waals surface area contributed by atoms with E-state index >= 15 is 0 Å². The second-order valence-electron chi connectivity index (χ2n) is 4.56. The lowest BCUT2D eigenvalue weighted by atomic mass is 10.2. The molecule has 118 valence electrons. The zero-order valence-corrected chi connectivity index (χ0v) is 12.0. The zero-order chi connectivity index (χ0) is 16.7. The van der Waals surface area contributed by atoms with Crippen LogP contribution in [0.1, 0.15) is 20.7 Å². The number of benzene rings is 2. The largest absolute Gasteiger partial charge is 0.478 e. The number of esters is 2. The van der Waals surface area contributed by atoms with Crippen LogP contribution in [0.5, 0.6) is 0 Å². The number of hydrogen-bond donors (Lipinski definition) is 1. The smallest absolute Gasteiger partial charge is 0.348 e. The normalized spacial score (nSPS) is 11.3. The van der Waals surface area contributed by atoms with Crippen molar-refractivity contribution in [2.24, 2.45) is 0 Å². The number of aliphatic carboxylic acids is 1. The van der Waals surface area contributed by atoms with Crippen LogP contribution in [0, 0.1) is 0 Å². The Morgan fingerprint density at radius 3 is 1.78 bits per heavy atom. The Morgan fingerprint density at radius 1 is 0.826 bits per heavy atom. The van der Waals surface area contributed by atoms with Crippen LogP contribution >= 0.6 is 0 Å². The summed E-state index contributed by atoms with van der Waals surface area (Å²) in [4.78, 5) is 34.8. The first-order valence-corrected chi connectivity index (χ1v) is 6.79. The van der Waals surface area contributed by atoms with Crippen LogP contribution in [0.25, 0.3) is 0 Å². The first-order chi connectivity index (χ1) is 11.1. The summed E-state index contributed by atoms with van der Waals surface area (Å²) in [5.74, 6) is -2.88. The number of carbonyl (C=O) groups is 3. The average molecular weight is 314 g/mol. The van der Waals surface area contributed by atoms with E-state index in [4.69, 9.17) is 14.6 Å². The molecule has 2 rings (SSSR count). The summed E-state index contributed by atoms with van der Waals surface area (Å²) < 4.78 is 9.76. The second-order valence-corrected chi connectivity index (χ2v) is 4.56. The van der Waals surface area contributed by atoms with E-state index in [-0.39, 0.29) is 11.1 Å². The van der Waals surface area contributed by atoms with Gasteiger partial charge in [0.1, 0.15) is 6.61 Å². The SMILES string of the molecule is O=C(OC[C@@H](OC(=O)c1ccccc1)C(=O)O)c1ccccc1. The van der Waals surface area contributed by atoms with E-state index < -0.39 is 30.6 Å². The summed E-state index contributed by atoms with van der Waals surface area (Å²) >= 11 is 0. The summed E-state index contributed by atoms with van der Waals surface area (Å²) in [6, 6.07) is 16.1. The number of hydrogen-bond acceptors (Lipinski definition) is 5. The molecule has 0 bridgehead atoms. The molecule has 6 nitrogen and oxygen atoms in total. The summed E-state index contributed by atoms with van der Waals surface area (Å²) in [6.45, 7) is -0.568. The van der Waals surface area contributed by atoms with E-state index in [2.05, 4.69) is 0 Å². The molecular weight excluding hydrogens is 300 g/mol. The molecular formula is C17H14O6. The Bertz CT molecular complexity index is 681. The maximum absolute atomic E-state index is 11.8. The Hall–Kier alpha value is -3.15. The van der Waals surface area contributed by atoms with Gasteiger partial charge >= 0.3 is 17.9 Å². The predicted molar refractivity (Wildman–Crippen MR) is 80.0 cm³/mol. The van der Waals surface area contributed by atoms with E-state index in [9.17, 15) is 14.4 Å². The Labute approximate surface area is 132 Å². The molecule has 0 radical (unpaired) electrons. The van der Waals surface area contributed by atoms with Crippen LogP contribution in [0.2, 0.25) is 0 Å². The molecule has 6 heteroatoms. The average Bonchev–Trinajstić information content (AvgIpc) is 2.59. The molecule has 23 heavy (non-hydrogen) atoms. The van der Waals surface area contributed by atoms with Gasteiger partial charge in [0.2, 0.25) is 6.10 Å². The number of carboxylic acids is 1. The first kappa shape index (κ1) is 16.2. The van der Waals surface area contributed by atoms with Crippen molar-refractivity contribution in [3.8, 4) is 0 Å². The lowest BCUT2D eigenvalue weighted by Gasteiger charge is -2.14. The Kier molecular flexibility index (Phi) is 5.46. The van der Waals surface area contributed by atoms with Gasteiger partial charge in [-0.15, -0.1) is 0 Å². The van der Waals surface area contributed by atoms with Crippen molar-refractivity contribution in [2.45, 2.75) is 6.10 Å². The minimum Gasteiger partial charge on any atom is -0.478 e. The number of ether oxygens (including phenoxy) is 2. The van der Waals surface area contributed by atoms with Crippen LogP contribution in [0.3, 0.4) is 0 Å². The van der Waals surface area contributed by atoms with E-state index in [1.54, 1.807) is 36.4 Å². The molecule has 1 N–H and O–H groups in total. The van der Waals surface area contributed by atoms with Crippen molar-refractivity contribution in [2.75, 3.05) is 6.61 Å². The Balaban J connectivity index is 1.96. The van der Waals surface area contributed by atoms with Crippen molar-refractivity contribution in [3.63, 3.8) is 0 Å². The van der Waals surface area contributed by atoms with Gasteiger partial charge in [0, 0.05) is 0 Å². The highest BCUT2D eigenvalue weighted by Crippen LogP contribution is 2.07. The summed E-state index contributed by atoms with van der Waals surface area (Å²) in [5.41, 5.74) is 0.499. The fraction of sp³-hybridized carbons (Fsp3) is 0.118. The zero-order valence-electron chi connectivity index (χ0n) is 12.0. The molecule has 0 aliphatic heterocycles.